The van der Waals surface area contributed by atoms with Crippen LogP contribution in [0.3, 0.4) is 0 Å². The minimum atomic E-state index is -1.64. The molecule has 0 aliphatic carbocycles. The Morgan fingerprint density at radius 2 is 1.78 bits per heavy atom. The van der Waals surface area contributed by atoms with Gasteiger partial charge in [0.25, 0.3) is 5.91 Å². The van der Waals surface area contributed by atoms with Crippen LogP contribution in [0.5, 0.6) is 5.75 Å². The van der Waals surface area contributed by atoms with Crippen molar-refractivity contribution in [2.75, 3.05) is 17.3 Å². The lowest BCUT2D eigenvalue weighted by Crippen LogP contribution is -2.56. The molecule has 2 N–H and O–H groups in total. The summed E-state index contributed by atoms with van der Waals surface area (Å²) in [4.78, 5) is 28.1. The van der Waals surface area contributed by atoms with E-state index >= 15 is 0 Å². The number of nitrogens with one attached hydrogen (secondary N) is 1. The maximum atomic E-state index is 14.0. The number of benzene rings is 3. The first-order valence-electron chi connectivity index (χ1n) is 10.4. The number of amides is 1. The number of ether oxygens (including phenoxy) is 1. The molecule has 1 amide bonds. The van der Waals surface area contributed by atoms with E-state index in [2.05, 4.69) is 5.32 Å². The van der Waals surface area contributed by atoms with Crippen LogP contribution in [0.2, 0.25) is 0 Å². The minimum absolute atomic E-state index is 0.326. The van der Waals surface area contributed by atoms with Crippen LogP contribution in [-0.4, -0.2) is 30.0 Å². The Balaban J connectivity index is 1.86. The number of carbonyl (C=O) groups is 2. The number of aliphatic hydroxyl groups is 1. The lowest BCUT2D eigenvalue weighted by Gasteiger charge is -2.34. The lowest BCUT2D eigenvalue weighted by atomic mass is 9.82. The number of hydrogen-bond donors (Lipinski definition) is 2. The molecular formula is C26H26N2O4. The molecule has 3 aromatic rings. The molecule has 6 heteroatoms. The number of methoxy groups -OCH3 is 1. The van der Waals surface area contributed by atoms with Crippen LogP contribution in [0.15, 0.2) is 72.8 Å². The molecule has 0 bridgehead atoms. The van der Waals surface area contributed by atoms with Gasteiger partial charge in [0.1, 0.15) is 11.9 Å². The molecule has 4 rings (SSSR count). The molecular weight excluding hydrogens is 404 g/mol. The monoisotopic (exact) mass is 430 g/mol. The topological polar surface area (TPSA) is 78.9 Å². The molecule has 1 heterocycles. The van der Waals surface area contributed by atoms with E-state index in [9.17, 15) is 14.7 Å². The SMILES string of the molecule is COc1ccc(N[C@]2([C@@H](O)C(C)=O)C(=O)N(Cc3ccccc3)c3ccc(C)cc32)cc1. The number of anilines is 2. The Bertz CT molecular complexity index is 1140. The summed E-state index contributed by atoms with van der Waals surface area (Å²) >= 11 is 0. The highest BCUT2D eigenvalue weighted by molar-refractivity contribution is 6.12. The van der Waals surface area contributed by atoms with Crippen molar-refractivity contribution in [2.45, 2.75) is 32.0 Å². The van der Waals surface area contributed by atoms with Crippen LogP contribution in [0.25, 0.3) is 0 Å². The van der Waals surface area contributed by atoms with Crippen molar-refractivity contribution < 1.29 is 19.4 Å². The van der Waals surface area contributed by atoms with Crippen molar-refractivity contribution in [3.05, 3.63) is 89.5 Å². The highest BCUT2D eigenvalue weighted by Gasteiger charge is 2.57. The molecule has 1 aliphatic heterocycles. The number of aliphatic hydroxyl groups excluding tert-OH is 1. The summed E-state index contributed by atoms with van der Waals surface area (Å²) in [5.74, 6) is -0.203. The number of hydrogen-bond acceptors (Lipinski definition) is 5. The van der Waals surface area contributed by atoms with E-state index in [4.69, 9.17) is 4.74 Å². The van der Waals surface area contributed by atoms with Gasteiger partial charge >= 0.3 is 0 Å². The second kappa shape index (κ2) is 8.48. The largest absolute Gasteiger partial charge is 0.497 e. The third kappa shape index (κ3) is 3.63. The highest BCUT2D eigenvalue weighted by Crippen LogP contribution is 2.46. The van der Waals surface area contributed by atoms with Gasteiger partial charge in [-0.3, -0.25) is 9.59 Å². The fraction of sp³-hybridized carbons (Fsp3) is 0.231. The Morgan fingerprint density at radius 3 is 2.41 bits per heavy atom. The number of fused-ring (bicyclic) bond motifs is 1. The summed E-state index contributed by atoms with van der Waals surface area (Å²) < 4.78 is 5.22. The third-order valence-corrected chi connectivity index (χ3v) is 5.86. The first-order chi connectivity index (χ1) is 15.4. The Kier molecular flexibility index (Phi) is 5.72. The summed E-state index contributed by atoms with van der Waals surface area (Å²) in [5.41, 5.74) is 2.08. The van der Waals surface area contributed by atoms with E-state index in [1.807, 2.05) is 55.5 Å². The molecule has 0 radical (unpaired) electrons. The molecule has 0 aromatic heterocycles. The first-order valence-corrected chi connectivity index (χ1v) is 10.4. The summed E-state index contributed by atoms with van der Waals surface area (Å²) in [6, 6.07) is 22.3. The van der Waals surface area contributed by atoms with Gasteiger partial charge in [-0.2, -0.15) is 0 Å². The molecule has 1 aliphatic rings. The van der Waals surface area contributed by atoms with Gasteiger partial charge in [0.15, 0.2) is 11.3 Å². The number of Topliss-reactive ketones (excluding diaryl/α,β-unsaturated/α-hetero) is 1. The standard InChI is InChI=1S/C26H26N2O4/c1-17-9-14-23-22(15-17)26(24(30)18(2)29,27-20-10-12-21(32-3)13-11-20)25(31)28(23)16-19-7-5-4-6-8-19/h4-15,24,27,30H,16H2,1-3H3/t24-,26+/m0/s1. The van der Waals surface area contributed by atoms with E-state index in [1.54, 1.807) is 36.3 Å². The van der Waals surface area contributed by atoms with Crippen molar-refractivity contribution in [3.63, 3.8) is 0 Å². The fourth-order valence-corrected chi connectivity index (χ4v) is 4.22. The van der Waals surface area contributed by atoms with Gasteiger partial charge in [0.05, 0.1) is 19.3 Å². The number of ketones is 1. The van der Waals surface area contributed by atoms with Crippen molar-refractivity contribution in [3.8, 4) is 5.75 Å². The van der Waals surface area contributed by atoms with Gasteiger partial charge in [0, 0.05) is 11.3 Å². The summed E-state index contributed by atoms with van der Waals surface area (Å²) in [5, 5.41) is 14.4. The maximum Gasteiger partial charge on any atom is 0.260 e. The van der Waals surface area contributed by atoms with Crippen LogP contribution >= 0.6 is 0 Å². The van der Waals surface area contributed by atoms with E-state index in [0.717, 1.165) is 11.1 Å². The van der Waals surface area contributed by atoms with Crippen molar-refractivity contribution in [1.29, 1.82) is 0 Å². The molecule has 32 heavy (non-hydrogen) atoms. The van der Waals surface area contributed by atoms with E-state index < -0.39 is 17.4 Å². The van der Waals surface area contributed by atoms with Crippen molar-refractivity contribution >= 4 is 23.1 Å². The average Bonchev–Trinajstić information content (AvgIpc) is 3.02. The molecule has 0 unspecified atom stereocenters. The zero-order chi connectivity index (χ0) is 22.9. The van der Waals surface area contributed by atoms with Crippen LogP contribution < -0.4 is 15.0 Å². The number of aryl methyl sites for hydroxylation is 1. The quantitative estimate of drug-likeness (QED) is 0.596. The molecule has 0 fully saturated rings. The Hall–Kier alpha value is -3.64. The van der Waals surface area contributed by atoms with Gasteiger partial charge in [-0.05, 0) is 49.7 Å². The zero-order valence-electron chi connectivity index (χ0n) is 18.3. The third-order valence-electron chi connectivity index (χ3n) is 5.86. The van der Waals surface area contributed by atoms with Crippen LogP contribution in [-0.2, 0) is 21.7 Å². The minimum Gasteiger partial charge on any atom is -0.497 e. The molecule has 2 atom stereocenters. The number of carbonyl (C=O) groups excluding carboxylic acids is 2. The highest BCUT2D eigenvalue weighted by atomic mass is 16.5. The van der Waals surface area contributed by atoms with E-state index in [0.29, 0.717) is 29.2 Å². The molecule has 164 valence electrons. The van der Waals surface area contributed by atoms with Gasteiger partial charge in [-0.1, -0.05) is 48.0 Å². The Morgan fingerprint density at radius 1 is 1.09 bits per heavy atom. The fourth-order valence-electron chi connectivity index (χ4n) is 4.22. The maximum absolute atomic E-state index is 14.0. The average molecular weight is 431 g/mol. The van der Waals surface area contributed by atoms with E-state index in [1.165, 1.54) is 6.92 Å². The normalized spacial score (nSPS) is 18.2. The van der Waals surface area contributed by atoms with Crippen molar-refractivity contribution in [1.82, 2.24) is 0 Å². The lowest BCUT2D eigenvalue weighted by molar-refractivity contribution is -0.136. The van der Waals surface area contributed by atoms with Gasteiger partial charge in [-0.25, -0.2) is 0 Å². The summed E-state index contributed by atoms with van der Waals surface area (Å²) in [6.45, 7) is 3.54. The predicted molar refractivity (Wildman–Crippen MR) is 124 cm³/mol. The second-order valence-corrected chi connectivity index (χ2v) is 8.07. The Labute approximate surface area is 187 Å². The first kappa shape index (κ1) is 21.6. The van der Waals surface area contributed by atoms with E-state index in [-0.39, 0.29) is 5.91 Å². The summed E-state index contributed by atoms with van der Waals surface area (Å²) in [6.07, 6.45) is -1.57. The van der Waals surface area contributed by atoms with Gasteiger partial charge in [-0.15, -0.1) is 0 Å². The van der Waals surface area contributed by atoms with Gasteiger partial charge in [0.2, 0.25) is 0 Å². The van der Waals surface area contributed by atoms with Crippen LogP contribution in [0.1, 0.15) is 23.6 Å². The summed E-state index contributed by atoms with van der Waals surface area (Å²) in [7, 11) is 1.57. The predicted octanol–water partition coefficient (Wildman–Crippen LogP) is 3.81. The zero-order valence-corrected chi connectivity index (χ0v) is 18.3. The molecule has 0 spiro atoms. The molecule has 3 aromatic carbocycles. The number of rotatable bonds is 7. The molecule has 0 saturated heterocycles. The van der Waals surface area contributed by atoms with Gasteiger partial charge < -0.3 is 20.1 Å². The van der Waals surface area contributed by atoms with Crippen molar-refractivity contribution in [2.24, 2.45) is 0 Å². The second-order valence-electron chi connectivity index (χ2n) is 8.07. The van der Waals surface area contributed by atoms with Crippen LogP contribution in [0.4, 0.5) is 11.4 Å². The smallest absolute Gasteiger partial charge is 0.260 e. The van der Waals surface area contributed by atoms with Crippen LogP contribution in [0, 0.1) is 6.92 Å². The number of nitrogens with zero attached hydrogens (tertiary/aromatic N) is 1. The molecule has 0 saturated carbocycles. The molecule has 6 nitrogen and oxygen atoms in total.